The Balaban J connectivity index is 1.86. The van der Waals surface area contributed by atoms with E-state index in [2.05, 4.69) is 15.0 Å². The second-order valence-corrected chi connectivity index (χ2v) is 9.11. The third-order valence-electron chi connectivity index (χ3n) is 4.81. The normalized spacial score (nSPS) is 15.5. The highest BCUT2D eigenvalue weighted by Gasteiger charge is 2.41. The average molecular weight is 418 g/mol. The number of carboxylic acid groups (broad SMARTS) is 1. The van der Waals surface area contributed by atoms with Crippen molar-refractivity contribution in [3.05, 3.63) is 51.8 Å². The number of hydrogen-bond donors (Lipinski definition) is 2. The van der Waals surface area contributed by atoms with Crippen LogP contribution in [0.2, 0.25) is 0 Å². The van der Waals surface area contributed by atoms with Crippen LogP contribution in [0.15, 0.2) is 38.5 Å². The van der Waals surface area contributed by atoms with E-state index in [0.717, 1.165) is 17.5 Å². The summed E-state index contributed by atoms with van der Waals surface area (Å²) >= 11 is 0. The highest BCUT2D eigenvalue weighted by Crippen LogP contribution is 2.36. The van der Waals surface area contributed by atoms with Gasteiger partial charge in [-0.1, -0.05) is 11.2 Å². The van der Waals surface area contributed by atoms with Crippen molar-refractivity contribution in [2.24, 2.45) is 0 Å². The van der Waals surface area contributed by atoms with E-state index in [0.29, 0.717) is 11.5 Å². The van der Waals surface area contributed by atoms with E-state index in [4.69, 9.17) is 4.52 Å². The summed E-state index contributed by atoms with van der Waals surface area (Å²) < 4.78 is 33.9. The lowest BCUT2D eigenvalue weighted by molar-refractivity contribution is 0.0690. The molecule has 0 saturated heterocycles. The maximum absolute atomic E-state index is 12.9. The first-order chi connectivity index (χ1) is 13.6. The SMILES string of the molecule is Cc1cc(Cn2nc(C(=O)O)c3ccc(S(=O)(=O)NC4(C)CC4)cc3c2=O)on1. The summed E-state index contributed by atoms with van der Waals surface area (Å²) in [5.74, 6) is -1.02. The number of hydrogen-bond acceptors (Lipinski definition) is 7. The molecule has 1 aromatic carbocycles. The van der Waals surface area contributed by atoms with E-state index >= 15 is 0 Å². The van der Waals surface area contributed by atoms with Gasteiger partial charge in [0.2, 0.25) is 10.0 Å². The molecular weight excluding hydrogens is 400 g/mol. The minimum Gasteiger partial charge on any atom is -0.476 e. The quantitative estimate of drug-likeness (QED) is 0.609. The molecule has 0 unspecified atom stereocenters. The number of fused-ring (bicyclic) bond motifs is 1. The number of carbonyl (C=O) groups is 1. The Hall–Kier alpha value is -3.05. The molecule has 1 aliphatic carbocycles. The lowest BCUT2D eigenvalue weighted by Crippen LogP contribution is -2.34. The largest absolute Gasteiger partial charge is 0.476 e. The summed E-state index contributed by atoms with van der Waals surface area (Å²) in [6, 6.07) is 5.34. The fourth-order valence-corrected chi connectivity index (χ4v) is 4.50. The van der Waals surface area contributed by atoms with Crippen LogP contribution in [-0.2, 0) is 16.6 Å². The van der Waals surface area contributed by atoms with Gasteiger partial charge in [-0.25, -0.2) is 22.6 Å². The molecular formula is C18H18N4O6S. The van der Waals surface area contributed by atoms with Crippen molar-refractivity contribution >= 4 is 26.8 Å². The van der Waals surface area contributed by atoms with E-state index < -0.39 is 27.1 Å². The van der Waals surface area contributed by atoms with E-state index in [-0.39, 0.29) is 27.9 Å². The molecule has 2 N–H and O–H groups in total. The Morgan fingerprint density at radius 3 is 2.62 bits per heavy atom. The number of aromatic nitrogens is 3. The topological polar surface area (TPSA) is 144 Å². The van der Waals surface area contributed by atoms with Crippen LogP contribution in [0.25, 0.3) is 10.8 Å². The minimum atomic E-state index is -3.86. The van der Waals surface area contributed by atoms with Crippen LogP contribution in [-0.4, -0.2) is 40.0 Å². The highest BCUT2D eigenvalue weighted by atomic mass is 32.2. The minimum absolute atomic E-state index is 0.0579. The van der Waals surface area contributed by atoms with Crippen LogP contribution >= 0.6 is 0 Å². The van der Waals surface area contributed by atoms with Gasteiger partial charge in [0.1, 0.15) is 6.54 Å². The Morgan fingerprint density at radius 1 is 1.31 bits per heavy atom. The van der Waals surface area contributed by atoms with Gasteiger partial charge >= 0.3 is 5.97 Å². The third-order valence-corrected chi connectivity index (χ3v) is 6.44. The number of aromatic carboxylic acids is 1. The van der Waals surface area contributed by atoms with Gasteiger partial charge in [-0.2, -0.15) is 5.10 Å². The van der Waals surface area contributed by atoms with Crippen molar-refractivity contribution < 1.29 is 22.8 Å². The van der Waals surface area contributed by atoms with Gasteiger partial charge in [0.25, 0.3) is 5.56 Å². The molecule has 29 heavy (non-hydrogen) atoms. The van der Waals surface area contributed by atoms with Crippen LogP contribution in [0.5, 0.6) is 0 Å². The van der Waals surface area contributed by atoms with Crippen LogP contribution in [0.1, 0.15) is 41.7 Å². The lowest BCUT2D eigenvalue weighted by atomic mass is 10.1. The van der Waals surface area contributed by atoms with Crippen LogP contribution in [0, 0.1) is 6.92 Å². The zero-order chi connectivity index (χ0) is 21.0. The van der Waals surface area contributed by atoms with Gasteiger partial charge < -0.3 is 9.63 Å². The van der Waals surface area contributed by atoms with E-state index in [1.807, 2.05) is 0 Å². The van der Waals surface area contributed by atoms with Gasteiger partial charge in [-0.15, -0.1) is 0 Å². The van der Waals surface area contributed by atoms with Gasteiger partial charge in [-0.05, 0) is 38.8 Å². The molecule has 0 bridgehead atoms. The predicted molar refractivity (Wildman–Crippen MR) is 101 cm³/mol. The van der Waals surface area contributed by atoms with Crippen molar-refractivity contribution in [1.29, 1.82) is 0 Å². The van der Waals surface area contributed by atoms with Crippen LogP contribution in [0.4, 0.5) is 0 Å². The van der Waals surface area contributed by atoms with Gasteiger partial charge in [0, 0.05) is 17.0 Å². The molecule has 1 fully saturated rings. The summed E-state index contributed by atoms with van der Waals surface area (Å²) in [5.41, 5.74) is -0.876. The molecule has 152 valence electrons. The molecule has 2 aromatic heterocycles. The second-order valence-electron chi connectivity index (χ2n) is 7.42. The second kappa shape index (κ2) is 6.49. The monoisotopic (exact) mass is 418 g/mol. The van der Waals surface area contributed by atoms with E-state index in [1.165, 1.54) is 18.2 Å². The number of benzene rings is 1. The molecule has 0 aliphatic heterocycles. The summed E-state index contributed by atoms with van der Waals surface area (Å²) in [5, 5.41) is 17.2. The number of rotatable bonds is 6. The average Bonchev–Trinajstić information content (AvgIpc) is 3.21. The van der Waals surface area contributed by atoms with Crippen molar-refractivity contribution in [2.75, 3.05) is 0 Å². The molecule has 10 nitrogen and oxygen atoms in total. The molecule has 1 saturated carbocycles. The van der Waals surface area contributed by atoms with Gasteiger partial charge in [-0.3, -0.25) is 4.79 Å². The molecule has 11 heteroatoms. The zero-order valence-corrected chi connectivity index (χ0v) is 16.5. The summed E-state index contributed by atoms with van der Waals surface area (Å²) in [4.78, 5) is 24.5. The van der Waals surface area contributed by atoms with Gasteiger partial charge in [0.15, 0.2) is 11.5 Å². The van der Waals surface area contributed by atoms with Crippen LogP contribution in [0.3, 0.4) is 0 Å². The first-order valence-corrected chi connectivity index (χ1v) is 10.3. The number of aryl methyl sites for hydroxylation is 1. The van der Waals surface area contributed by atoms with Crippen molar-refractivity contribution in [1.82, 2.24) is 19.7 Å². The number of nitrogens with zero attached hydrogens (tertiary/aromatic N) is 3. The predicted octanol–water partition coefficient (Wildman–Crippen LogP) is 1.27. The molecule has 0 amide bonds. The van der Waals surface area contributed by atoms with E-state index in [9.17, 15) is 23.1 Å². The molecule has 1 aliphatic rings. The van der Waals surface area contributed by atoms with Gasteiger partial charge in [0.05, 0.1) is 16.0 Å². The Kier molecular flexibility index (Phi) is 4.32. The fourth-order valence-electron chi connectivity index (χ4n) is 3.01. The van der Waals surface area contributed by atoms with Crippen molar-refractivity contribution in [3.8, 4) is 0 Å². The zero-order valence-electron chi connectivity index (χ0n) is 15.7. The molecule has 0 atom stereocenters. The third kappa shape index (κ3) is 3.66. The van der Waals surface area contributed by atoms with Crippen molar-refractivity contribution in [3.63, 3.8) is 0 Å². The number of sulfonamides is 1. The summed E-state index contributed by atoms with van der Waals surface area (Å²) in [6.45, 7) is 3.37. The maximum atomic E-state index is 12.9. The Labute approximate surface area is 165 Å². The molecule has 2 heterocycles. The smallest absolute Gasteiger partial charge is 0.357 e. The first-order valence-electron chi connectivity index (χ1n) is 8.82. The lowest BCUT2D eigenvalue weighted by Gasteiger charge is -2.13. The van der Waals surface area contributed by atoms with Crippen molar-refractivity contribution in [2.45, 2.75) is 43.7 Å². The fraction of sp³-hybridized carbons (Fsp3) is 0.333. The maximum Gasteiger partial charge on any atom is 0.357 e. The van der Waals surface area contributed by atoms with E-state index in [1.54, 1.807) is 19.9 Å². The summed E-state index contributed by atoms with van der Waals surface area (Å²) in [6.07, 6.45) is 1.46. The molecule has 3 aromatic rings. The standard InChI is InChI=1S/C18H18N4O6S/c1-10-7-11(28-20-10)9-22-16(23)14-8-12(29(26,27)21-18(2)5-6-18)3-4-13(14)15(19-22)17(24)25/h3-4,7-8,21H,5-6,9H2,1-2H3,(H,24,25). The molecule has 0 spiro atoms. The number of carboxylic acids is 1. The first kappa shape index (κ1) is 19.3. The molecule has 4 rings (SSSR count). The summed E-state index contributed by atoms with van der Waals surface area (Å²) in [7, 11) is -3.86. The highest BCUT2D eigenvalue weighted by molar-refractivity contribution is 7.89. The Morgan fingerprint density at radius 2 is 2.03 bits per heavy atom. The number of nitrogens with one attached hydrogen (secondary N) is 1. The Bertz CT molecular complexity index is 1300. The van der Waals surface area contributed by atoms with Crippen LogP contribution < -0.4 is 10.3 Å². The molecule has 0 radical (unpaired) electrons.